The third kappa shape index (κ3) is 3.67. The first-order valence-electron chi connectivity index (χ1n) is 10.8. The smallest absolute Gasteiger partial charge is 0.136 e. The van der Waals surface area contributed by atoms with E-state index in [1.54, 1.807) is 0 Å². The highest BCUT2D eigenvalue weighted by Gasteiger charge is 2.30. The second-order valence-electron chi connectivity index (χ2n) is 8.67. The highest BCUT2D eigenvalue weighted by Crippen LogP contribution is 2.40. The van der Waals surface area contributed by atoms with Gasteiger partial charge >= 0.3 is 0 Å². The Morgan fingerprint density at radius 3 is 2.52 bits per heavy atom. The molecule has 0 amide bonds. The fourth-order valence-electron chi connectivity index (χ4n) is 4.64. The molecule has 1 aliphatic heterocycles. The first-order valence-corrected chi connectivity index (χ1v) is 10.8. The van der Waals surface area contributed by atoms with Gasteiger partial charge in [0.25, 0.3) is 0 Å². The average molecular weight is 363 g/mol. The monoisotopic (exact) mass is 362 g/mol. The molecule has 0 unspecified atom stereocenters. The van der Waals surface area contributed by atoms with E-state index in [1.807, 2.05) is 0 Å². The maximum absolute atomic E-state index is 5.01. The summed E-state index contributed by atoms with van der Waals surface area (Å²) in [6.07, 6.45) is 10.2. The van der Waals surface area contributed by atoms with Crippen molar-refractivity contribution < 1.29 is 0 Å². The number of hydrogen-bond acceptors (Lipinski definition) is 4. The van der Waals surface area contributed by atoms with Gasteiger partial charge in [0, 0.05) is 30.6 Å². The summed E-state index contributed by atoms with van der Waals surface area (Å²) in [5.74, 6) is 3.77. The van der Waals surface area contributed by atoms with Gasteiger partial charge in [0.05, 0.1) is 0 Å². The molecule has 3 aliphatic rings. The lowest BCUT2D eigenvalue weighted by Gasteiger charge is -2.36. The summed E-state index contributed by atoms with van der Waals surface area (Å²) in [5.41, 5.74) is 2.92. The number of nitrogens with one attached hydrogen (secondary N) is 1. The van der Waals surface area contributed by atoms with Gasteiger partial charge in [-0.3, -0.25) is 0 Å². The molecule has 1 atom stereocenters. The van der Waals surface area contributed by atoms with Gasteiger partial charge in [0.1, 0.15) is 17.5 Å². The van der Waals surface area contributed by atoms with E-state index in [0.29, 0.717) is 18.0 Å². The van der Waals surface area contributed by atoms with Gasteiger partial charge in [-0.15, -0.1) is 0 Å². The third-order valence-corrected chi connectivity index (χ3v) is 6.43. The van der Waals surface area contributed by atoms with Gasteiger partial charge in [-0.05, 0) is 50.2 Å². The number of rotatable bonds is 4. The zero-order valence-electron chi connectivity index (χ0n) is 16.3. The Morgan fingerprint density at radius 1 is 0.963 bits per heavy atom. The molecule has 4 nitrogen and oxygen atoms in total. The lowest BCUT2D eigenvalue weighted by atomic mass is 9.95. The molecule has 4 heteroatoms. The van der Waals surface area contributed by atoms with E-state index in [-0.39, 0.29) is 0 Å². The van der Waals surface area contributed by atoms with Crippen LogP contribution in [-0.4, -0.2) is 22.1 Å². The summed E-state index contributed by atoms with van der Waals surface area (Å²) in [7, 11) is 0. The summed E-state index contributed by atoms with van der Waals surface area (Å²) in [6, 6.07) is 12.1. The van der Waals surface area contributed by atoms with Crippen molar-refractivity contribution in [3.63, 3.8) is 0 Å². The Kier molecular flexibility index (Phi) is 4.50. The quantitative estimate of drug-likeness (QED) is 0.826. The van der Waals surface area contributed by atoms with Crippen molar-refractivity contribution in [3.8, 4) is 0 Å². The third-order valence-electron chi connectivity index (χ3n) is 6.43. The Hall–Kier alpha value is -2.10. The number of aromatic nitrogens is 2. The van der Waals surface area contributed by atoms with Crippen molar-refractivity contribution >= 4 is 11.6 Å². The van der Waals surface area contributed by atoms with Crippen LogP contribution in [0.2, 0.25) is 0 Å². The number of nitrogens with zero attached hydrogens (tertiary/aromatic N) is 3. The summed E-state index contributed by atoms with van der Waals surface area (Å²) < 4.78 is 0. The molecule has 2 aliphatic carbocycles. The molecule has 0 saturated heterocycles. The van der Waals surface area contributed by atoms with Crippen LogP contribution in [0.3, 0.4) is 0 Å². The molecule has 0 spiro atoms. The fraction of sp³-hybridized carbons (Fsp3) is 0.565. The van der Waals surface area contributed by atoms with Crippen LogP contribution in [0.1, 0.15) is 74.7 Å². The van der Waals surface area contributed by atoms with Crippen LogP contribution in [0, 0.1) is 0 Å². The van der Waals surface area contributed by atoms with Crippen molar-refractivity contribution in [1.29, 1.82) is 0 Å². The molecule has 0 bridgehead atoms. The molecule has 142 valence electrons. The Balaban J connectivity index is 1.44. The van der Waals surface area contributed by atoms with Gasteiger partial charge in [0.15, 0.2) is 0 Å². The van der Waals surface area contributed by atoms with E-state index < -0.39 is 0 Å². The van der Waals surface area contributed by atoms with Crippen LogP contribution < -0.4 is 10.2 Å². The average Bonchev–Trinajstić information content (AvgIpc) is 3.53. The first-order chi connectivity index (χ1) is 13.3. The maximum Gasteiger partial charge on any atom is 0.136 e. The molecule has 1 aromatic carbocycles. The Labute approximate surface area is 162 Å². The van der Waals surface area contributed by atoms with Crippen LogP contribution in [0.25, 0.3) is 0 Å². The zero-order chi connectivity index (χ0) is 18.2. The van der Waals surface area contributed by atoms with Crippen LogP contribution in [0.15, 0.2) is 30.3 Å². The second-order valence-corrected chi connectivity index (χ2v) is 8.67. The van der Waals surface area contributed by atoms with E-state index in [9.17, 15) is 0 Å². The highest BCUT2D eigenvalue weighted by molar-refractivity contribution is 5.53. The molecule has 2 heterocycles. The van der Waals surface area contributed by atoms with Gasteiger partial charge < -0.3 is 10.2 Å². The van der Waals surface area contributed by atoms with Crippen LogP contribution in [0.5, 0.6) is 0 Å². The molecule has 27 heavy (non-hydrogen) atoms. The standard InChI is InChI=1S/C23H30N4/c1-16-13-18-7-5-6-8-19(18)15-27(16)22-14-21(24-20-9-3-2-4-10-20)25-23(26-22)17-11-12-17/h5-8,14,16-17,20H,2-4,9-13,15H2,1H3,(H,24,25,26)/t16-/m0/s1. The minimum atomic E-state index is 0.462. The minimum Gasteiger partial charge on any atom is -0.367 e. The number of anilines is 2. The van der Waals surface area contributed by atoms with Crippen molar-refractivity contribution in [2.45, 2.75) is 82.8 Å². The highest BCUT2D eigenvalue weighted by atomic mass is 15.2. The van der Waals surface area contributed by atoms with Crippen molar-refractivity contribution in [1.82, 2.24) is 9.97 Å². The van der Waals surface area contributed by atoms with Crippen molar-refractivity contribution in [3.05, 3.63) is 47.3 Å². The Morgan fingerprint density at radius 2 is 1.74 bits per heavy atom. The van der Waals surface area contributed by atoms with Crippen LogP contribution in [0.4, 0.5) is 11.6 Å². The Bertz CT molecular complexity index is 808. The zero-order valence-corrected chi connectivity index (χ0v) is 16.3. The summed E-state index contributed by atoms with van der Waals surface area (Å²) in [5, 5.41) is 3.74. The molecule has 2 fully saturated rings. The largest absolute Gasteiger partial charge is 0.367 e. The molecule has 5 rings (SSSR count). The van der Waals surface area contributed by atoms with Gasteiger partial charge in [0.2, 0.25) is 0 Å². The lowest BCUT2D eigenvalue weighted by molar-refractivity contribution is 0.461. The minimum absolute atomic E-state index is 0.462. The van der Waals surface area contributed by atoms with Crippen molar-refractivity contribution in [2.24, 2.45) is 0 Å². The predicted octanol–water partition coefficient (Wildman–Crippen LogP) is 5.05. The van der Waals surface area contributed by atoms with Gasteiger partial charge in [-0.25, -0.2) is 9.97 Å². The molecule has 1 N–H and O–H groups in total. The molecule has 0 radical (unpaired) electrons. The maximum atomic E-state index is 5.01. The second kappa shape index (κ2) is 7.14. The molecule has 2 aromatic rings. The van der Waals surface area contributed by atoms with Gasteiger partial charge in [-0.2, -0.15) is 0 Å². The van der Waals surface area contributed by atoms with E-state index >= 15 is 0 Å². The first kappa shape index (κ1) is 17.0. The molecular weight excluding hydrogens is 332 g/mol. The van der Waals surface area contributed by atoms with Crippen LogP contribution in [-0.2, 0) is 13.0 Å². The van der Waals surface area contributed by atoms with Gasteiger partial charge in [-0.1, -0.05) is 43.5 Å². The molecular formula is C23H30N4. The molecule has 1 aromatic heterocycles. The topological polar surface area (TPSA) is 41.0 Å². The van der Waals surface area contributed by atoms with E-state index in [0.717, 1.165) is 30.4 Å². The summed E-state index contributed by atoms with van der Waals surface area (Å²) in [4.78, 5) is 12.4. The SMILES string of the molecule is C[C@H]1Cc2ccccc2CN1c1cc(NC2CCCCC2)nc(C2CC2)n1. The van der Waals surface area contributed by atoms with Crippen LogP contribution >= 0.6 is 0 Å². The number of fused-ring (bicyclic) bond motifs is 1. The number of hydrogen-bond donors (Lipinski definition) is 1. The lowest BCUT2D eigenvalue weighted by Crippen LogP contribution is -2.39. The normalized spacial score (nSPS) is 23.1. The van der Waals surface area contributed by atoms with E-state index in [1.165, 1.54) is 56.1 Å². The van der Waals surface area contributed by atoms with Crippen molar-refractivity contribution in [2.75, 3.05) is 10.2 Å². The number of benzene rings is 1. The fourth-order valence-corrected chi connectivity index (χ4v) is 4.64. The summed E-state index contributed by atoms with van der Waals surface area (Å²) >= 11 is 0. The van der Waals surface area contributed by atoms with E-state index in [4.69, 9.17) is 9.97 Å². The summed E-state index contributed by atoms with van der Waals surface area (Å²) in [6.45, 7) is 3.27. The van der Waals surface area contributed by atoms with E-state index in [2.05, 4.69) is 47.5 Å². The predicted molar refractivity (Wildman–Crippen MR) is 110 cm³/mol. The molecule has 2 saturated carbocycles.